The van der Waals surface area contributed by atoms with Gasteiger partial charge in [-0.3, -0.25) is 0 Å². The number of halogens is 1. The number of hydrogen-bond donors (Lipinski definition) is 2. The lowest BCUT2D eigenvalue weighted by molar-refractivity contribution is 0.169. The Morgan fingerprint density at radius 3 is 2.61 bits per heavy atom. The van der Waals surface area contributed by atoms with Gasteiger partial charge in [0, 0.05) is 17.6 Å². The summed E-state index contributed by atoms with van der Waals surface area (Å²) in [6.07, 6.45) is 3.22. The standard InChI is InChI=1S/C15H22ClNO/c1-15(2)8-7-13(9-15)17-10-14(18)11-3-5-12(16)6-4-11/h3-6,13-14,17-18H,7-10H2,1-2H3. The first-order valence-electron chi connectivity index (χ1n) is 6.63. The summed E-state index contributed by atoms with van der Waals surface area (Å²) in [5.74, 6) is 0. The minimum Gasteiger partial charge on any atom is -0.387 e. The maximum Gasteiger partial charge on any atom is 0.0914 e. The number of hydrogen-bond acceptors (Lipinski definition) is 2. The zero-order valence-corrected chi connectivity index (χ0v) is 11.9. The third-order valence-corrected chi connectivity index (χ3v) is 4.08. The van der Waals surface area contributed by atoms with E-state index in [4.69, 9.17) is 11.6 Å². The van der Waals surface area contributed by atoms with E-state index in [0.29, 0.717) is 23.0 Å². The second-order valence-electron chi connectivity index (χ2n) is 6.08. The summed E-state index contributed by atoms with van der Waals surface area (Å²) in [6, 6.07) is 7.94. The highest BCUT2D eigenvalue weighted by molar-refractivity contribution is 6.30. The number of nitrogens with one attached hydrogen (secondary N) is 1. The first-order valence-corrected chi connectivity index (χ1v) is 7.01. The number of aliphatic hydroxyl groups is 1. The van der Waals surface area contributed by atoms with Crippen molar-refractivity contribution in [1.29, 1.82) is 0 Å². The second-order valence-corrected chi connectivity index (χ2v) is 6.52. The van der Waals surface area contributed by atoms with Gasteiger partial charge in [0.1, 0.15) is 0 Å². The van der Waals surface area contributed by atoms with Gasteiger partial charge in [-0.2, -0.15) is 0 Å². The molecule has 2 rings (SSSR count). The van der Waals surface area contributed by atoms with Gasteiger partial charge in [0.25, 0.3) is 0 Å². The van der Waals surface area contributed by atoms with Crippen LogP contribution in [-0.2, 0) is 0 Å². The molecule has 0 aromatic heterocycles. The molecule has 0 spiro atoms. The molecule has 2 nitrogen and oxygen atoms in total. The molecule has 1 aliphatic carbocycles. The molecular formula is C15H22ClNO. The SMILES string of the molecule is CC1(C)CCC(NCC(O)c2ccc(Cl)cc2)C1. The molecule has 1 fully saturated rings. The molecule has 3 heteroatoms. The maximum absolute atomic E-state index is 10.1. The molecule has 0 saturated heterocycles. The molecule has 100 valence electrons. The largest absolute Gasteiger partial charge is 0.387 e. The molecule has 1 saturated carbocycles. The quantitative estimate of drug-likeness (QED) is 0.875. The van der Waals surface area contributed by atoms with Crippen molar-refractivity contribution < 1.29 is 5.11 Å². The van der Waals surface area contributed by atoms with Crippen molar-refractivity contribution in [2.75, 3.05) is 6.54 Å². The summed E-state index contributed by atoms with van der Waals surface area (Å²) in [7, 11) is 0. The van der Waals surface area contributed by atoms with E-state index < -0.39 is 6.10 Å². The fourth-order valence-electron chi connectivity index (χ4n) is 2.69. The Morgan fingerprint density at radius 2 is 2.06 bits per heavy atom. The molecule has 2 unspecified atom stereocenters. The van der Waals surface area contributed by atoms with Crippen LogP contribution in [0.5, 0.6) is 0 Å². The van der Waals surface area contributed by atoms with Gasteiger partial charge >= 0.3 is 0 Å². The van der Waals surface area contributed by atoms with Gasteiger partial charge in [-0.05, 0) is 42.4 Å². The Hall–Kier alpha value is -0.570. The Kier molecular flexibility index (Phi) is 4.31. The van der Waals surface area contributed by atoms with Crippen molar-refractivity contribution >= 4 is 11.6 Å². The van der Waals surface area contributed by atoms with E-state index in [2.05, 4.69) is 19.2 Å². The van der Waals surface area contributed by atoms with Crippen molar-refractivity contribution in [1.82, 2.24) is 5.32 Å². The van der Waals surface area contributed by atoms with E-state index in [0.717, 1.165) is 5.56 Å². The minimum absolute atomic E-state index is 0.447. The lowest BCUT2D eigenvalue weighted by atomic mass is 9.92. The van der Waals surface area contributed by atoms with Gasteiger partial charge in [0.2, 0.25) is 0 Å². The molecule has 1 aromatic rings. The summed E-state index contributed by atoms with van der Waals surface area (Å²) in [4.78, 5) is 0. The molecule has 0 bridgehead atoms. The fraction of sp³-hybridized carbons (Fsp3) is 0.600. The van der Waals surface area contributed by atoms with Crippen LogP contribution in [0.2, 0.25) is 5.02 Å². The van der Waals surface area contributed by atoms with Gasteiger partial charge in [0.05, 0.1) is 6.10 Å². The van der Waals surface area contributed by atoms with Gasteiger partial charge in [-0.1, -0.05) is 37.6 Å². The first-order chi connectivity index (χ1) is 8.46. The topological polar surface area (TPSA) is 32.3 Å². The monoisotopic (exact) mass is 267 g/mol. The Bertz CT molecular complexity index is 388. The van der Waals surface area contributed by atoms with Crippen molar-refractivity contribution in [3.05, 3.63) is 34.9 Å². The predicted molar refractivity (Wildman–Crippen MR) is 75.8 cm³/mol. The molecule has 2 atom stereocenters. The van der Waals surface area contributed by atoms with Gasteiger partial charge in [-0.25, -0.2) is 0 Å². The molecule has 0 heterocycles. The smallest absolute Gasteiger partial charge is 0.0914 e. The van der Waals surface area contributed by atoms with Crippen LogP contribution in [0.4, 0.5) is 0 Å². The third kappa shape index (κ3) is 3.71. The zero-order valence-electron chi connectivity index (χ0n) is 11.1. The van der Waals surface area contributed by atoms with Crippen LogP contribution in [0, 0.1) is 5.41 Å². The van der Waals surface area contributed by atoms with Crippen LogP contribution in [0.15, 0.2) is 24.3 Å². The van der Waals surface area contributed by atoms with Crippen LogP contribution in [0.3, 0.4) is 0 Å². The van der Waals surface area contributed by atoms with Crippen molar-refractivity contribution in [2.24, 2.45) is 5.41 Å². The number of rotatable bonds is 4. The number of benzene rings is 1. The van der Waals surface area contributed by atoms with E-state index in [1.54, 1.807) is 0 Å². The van der Waals surface area contributed by atoms with Crippen LogP contribution < -0.4 is 5.32 Å². The maximum atomic E-state index is 10.1. The second kappa shape index (κ2) is 5.60. The van der Waals surface area contributed by atoms with Crippen molar-refractivity contribution in [3.63, 3.8) is 0 Å². The molecule has 1 aliphatic rings. The molecule has 0 aliphatic heterocycles. The third-order valence-electron chi connectivity index (χ3n) is 3.82. The van der Waals surface area contributed by atoms with Gasteiger partial charge in [0.15, 0.2) is 0 Å². The highest BCUT2D eigenvalue weighted by Gasteiger charge is 2.30. The Morgan fingerprint density at radius 1 is 1.39 bits per heavy atom. The summed E-state index contributed by atoms with van der Waals surface area (Å²) < 4.78 is 0. The van der Waals surface area contributed by atoms with E-state index in [1.807, 2.05) is 24.3 Å². The predicted octanol–water partition coefficient (Wildman–Crippen LogP) is 3.54. The lowest BCUT2D eigenvalue weighted by Gasteiger charge is -2.19. The summed E-state index contributed by atoms with van der Waals surface area (Å²) in [6.45, 7) is 5.23. The zero-order chi connectivity index (χ0) is 13.2. The Labute approximate surface area is 114 Å². The molecule has 1 aromatic carbocycles. The van der Waals surface area contributed by atoms with E-state index in [1.165, 1.54) is 19.3 Å². The van der Waals surface area contributed by atoms with Crippen molar-refractivity contribution in [2.45, 2.75) is 45.3 Å². The molecule has 0 amide bonds. The molecule has 2 N–H and O–H groups in total. The van der Waals surface area contributed by atoms with Gasteiger partial charge in [-0.15, -0.1) is 0 Å². The number of aliphatic hydroxyl groups excluding tert-OH is 1. The molecular weight excluding hydrogens is 246 g/mol. The van der Waals surface area contributed by atoms with Crippen LogP contribution in [0.25, 0.3) is 0 Å². The highest BCUT2D eigenvalue weighted by atomic mass is 35.5. The molecule has 0 radical (unpaired) electrons. The first kappa shape index (κ1) is 13.9. The van der Waals surface area contributed by atoms with E-state index >= 15 is 0 Å². The minimum atomic E-state index is -0.453. The highest BCUT2D eigenvalue weighted by Crippen LogP contribution is 2.37. The average molecular weight is 268 g/mol. The van der Waals surface area contributed by atoms with Crippen LogP contribution >= 0.6 is 11.6 Å². The lowest BCUT2D eigenvalue weighted by Crippen LogP contribution is -2.31. The summed E-state index contributed by atoms with van der Waals surface area (Å²) in [5.41, 5.74) is 1.37. The molecule has 18 heavy (non-hydrogen) atoms. The van der Waals surface area contributed by atoms with Gasteiger partial charge < -0.3 is 10.4 Å². The average Bonchev–Trinajstić information content (AvgIpc) is 2.67. The summed E-state index contributed by atoms with van der Waals surface area (Å²) >= 11 is 5.83. The summed E-state index contributed by atoms with van der Waals surface area (Å²) in [5, 5.41) is 14.3. The normalized spacial score (nSPS) is 24.1. The fourth-order valence-corrected chi connectivity index (χ4v) is 2.82. The van der Waals surface area contributed by atoms with Crippen LogP contribution in [-0.4, -0.2) is 17.7 Å². The Balaban J connectivity index is 1.82. The van der Waals surface area contributed by atoms with Crippen molar-refractivity contribution in [3.8, 4) is 0 Å². The van der Waals surface area contributed by atoms with E-state index in [-0.39, 0.29) is 0 Å². The van der Waals surface area contributed by atoms with E-state index in [9.17, 15) is 5.11 Å². The van der Waals surface area contributed by atoms with Crippen LogP contribution in [0.1, 0.15) is 44.8 Å².